The molecule has 1 atom stereocenters. The maximum atomic E-state index is 12.0. The van der Waals surface area contributed by atoms with Crippen LogP contribution < -0.4 is 29.6 Å². The van der Waals surface area contributed by atoms with Crippen molar-refractivity contribution in [2.45, 2.75) is 11.3 Å². The van der Waals surface area contributed by atoms with Crippen LogP contribution in [0.5, 0.6) is 0 Å². The van der Waals surface area contributed by atoms with Gasteiger partial charge in [0.05, 0.1) is 0 Å². The van der Waals surface area contributed by atoms with Crippen molar-refractivity contribution in [1.82, 2.24) is 0 Å². The number of halogens is 2. The van der Waals surface area contributed by atoms with E-state index in [1.54, 1.807) is 0 Å². The fourth-order valence-corrected chi connectivity index (χ4v) is 1.18. The Morgan fingerprint density at radius 3 is 2.46 bits per heavy atom. The van der Waals surface area contributed by atoms with Crippen molar-refractivity contribution in [2.24, 2.45) is 0 Å². The molecule has 0 bridgehead atoms. The van der Waals surface area contributed by atoms with Gasteiger partial charge in [0.25, 0.3) is 6.43 Å². The van der Waals surface area contributed by atoms with Crippen LogP contribution in [0.1, 0.15) is 12.0 Å². The van der Waals surface area contributed by atoms with Gasteiger partial charge in [0.1, 0.15) is 0 Å². The summed E-state index contributed by atoms with van der Waals surface area (Å²) in [6.45, 7) is 0. The summed E-state index contributed by atoms with van der Waals surface area (Å²) in [6, 6.07) is 4.68. The molecular weight excluding hydrogens is 209 g/mol. The molecule has 0 saturated carbocycles. The van der Waals surface area contributed by atoms with Crippen LogP contribution in [0.25, 0.3) is 0 Å². The van der Waals surface area contributed by atoms with Crippen LogP contribution in [0.3, 0.4) is 0 Å². The summed E-state index contributed by atoms with van der Waals surface area (Å²) in [4.78, 5) is -0.118. The van der Waals surface area contributed by atoms with Gasteiger partial charge in [-0.3, -0.25) is 4.21 Å². The van der Waals surface area contributed by atoms with E-state index in [0.717, 1.165) is 6.07 Å². The first kappa shape index (κ1) is 13.2. The Labute approximate surface area is 98.9 Å². The normalized spacial score (nSPS) is 12.3. The number of rotatable bonds is 2. The maximum absolute atomic E-state index is 12.0. The second kappa shape index (κ2) is 5.82. The Bertz CT molecular complexity index is 306. The van der Waals surface area contributed by atoms with Gasteiger partial charge in [-0.05, 0) is 23.2 Å². The van der Waals surface area contributed by atoms with E-state index in [1.807, 2.05) is 0 Å². The Morgan fingerprint density at radius 1 is 1.38 bits per heavy atom. The number of alkyl halides is 2. The predicted molar refractivity (Wildman–Crippen MR) is 38.6 cm³/mol. The first-order valence-corrected chi connectivity index (χ1v) is 4.16. The molecule has 6 heteroatoms. The van der Waals surface area contributed by atoms with Crippen molar-refractivity contribution >= 4 is 11.1 Å². The molecule has 0 aliphatic heterocycles. The Kier molecular flexibility index (Phi) is 5.91. The van der Waals surface area contributed by atoms with E-state index in [-0.39, 0.29) is 40.0 Å². The van der Waals surface area contributed by atoms with Gasteiger partial charge in [0.2, 0.25) is 0 Å². The molecule has 1 aromatic carbocycles. The van der Waals surface area contributed by atoms with Crippen LogP contribution >= 0.6 is 0 Å². The molecule has 0 spiro atoms. The van der Waals surface area contributed by atoms with E-state index in [9.17, 15) is 17.5 Å². The zero-order chi connectivity index (χ0) is 9.14. The van der Waals surface area contributed by atoms with Crippen molar-refractivity contribution in [2.75, 3.05) is 0 Å². The van der Waals surface area contributed by atoms with Crippen LogP contribution in [0.2, 0.25) is 0 Å². The molecule has 0 aliphatic rings. The summed E-state index contributed by atoms with van der Waals surface area (Å²) in [6.07, 6.45) is -2.63. The summed E-state index contributed by atoms with van der Waals surface area (Å²) < 4.78 is 44.7. The first-order valence-electron chi connectivity index (χ1n) is 3.08. The fraction of sp³-hybridized carbons (Fsp3) is 0.143. The molecule has 1 unspecified atom stereocenters. The molecule has 0 aliphatic carbocycles. The van der Waals surface area contributed by atoms with E-state index < -0.39 is 17.5 Å². The van der Waals surface area contributed by atoms with E-state index in [0.29, 0.717) is 0 Å². The van der Waals surface area contributed by atoms with Gasteiger partial charge in [0.15, 0.2) is 0 Å². The quantitative estimate of drug-likeness (QED) is 0.461. The van der Waals surface area contributed by atoms with Gasteiger partial charge in [-0.2, -0.15) is 0 Å². The smallest absolute Gasteiger partial charge is 0.768 e. The van der Waals surface area contributed by atoms with Gasteiger partial charge >= 0.3 is 29.6 Å². The summed E-state index contributed by atoms with van der Waals surface area (Å²) in [5, 5.41) is 0. The largest absolute Gasteiger partial charge is 1.00 e. The van der Waals surface area contributed by atoms with E-state index in [1.165, 1.54) is 18.2 Å². The molecule has 0 radical (unpaired) electrons. The molecule has 0 aromatic heterocycles. The zero-order valence-electron chi connectivity index (χ0n) is 6.87. The molecule has 0 saturated heterocycles. The molecule has 1 rings (SSSR count). The molecule has 66 valence electrons. The minimum atomic E-state index is -2.63. The fourth-order valence-electron chi connectivity index (χ4n) is 0.754. The molecule has 2 nitrogen and oxygen atoms in total. The van der Waals surface area contributed by atoms with Crippen molar-refractivity contribution in [3.8, 4) is 0 Å². The van der Waals surface area contributed by atoms with Gasteiger partial charge in [-0.25, -0.2) is 8.78 Å². The topological polar surface area (TPSA) is 40.1 Å². The van der Waals surface area contributed by atoms with Crippen LogP contribution in [-0.2, 0) is 11.1 Å². The summed E-state index contributed by atoms with van der Waals surface area (Å²) in [7, 11) is 0. The number of hydrogen-bond acceptors (Lipinski definition) is 2. The van der Waals surface area contributed by atoms with Crippen LogP contribution in [-0.4, -0.2) is 8.76 Å². The van der Waals surface area contributed by atoms with Crippen molar-refractivity contribution in [3.63, 3.8) is 0 Å². The molecular formula is C7H5F2NaO2S. The molecule has 0 heterocycles. The van der Waals surface area contributed by atoms with Gasteiger partial charge in [0, 0.05) is 10.5 Å². The number of benzene rings is 1. The van der Waals surface area contributed by atoms with Crippen LogP contribution in [0.15, 0.2) is 29.2 Å². The second-order valence-electron chi connectivity index (χ2n) is 2.11. The van der Waals surface area contributed by atoms with Gasteiger partial charge in [-0.15, -0.1) is 0 Å². The Morgan fingerprint density at radius 2 is 2.00 bits per heavy atom. The monoisotopic (exact) mass is 214 g/mol. The molecule has 1 aromatic rings. The summed E-state index contributed by atoms with van der Waals surface area (Å²) in [5.41, 5.74) is -0.281. The molecule has 0 fully saturated rings. The summed E-state index contributed by atoms with van der Waals surface area (Å²) in [5.74, 6) is 0. The third-order valence-electron chi connectivity index (χ3n) is 1.30. The standard InChI is InChI=1S/C7H6F2O2S.Na/c8-7(9)5-2-1-3-6(4-5)12(10)11;/h1-4,7H,(H,10,11);/q;+1/p-1. The SMILES string of the molecule is O=S([O-])c1cccc(C(F)F)c1.[Na+]. The molecule has 13 heavy (non-hydrogen) atoms. The molecule has 0 N–H and O–H groups in total. The Balaban J connectivity index is 0.00000144. The van der Waals surface area contributed by atoms with Crippen LogP contribution in [0, 0.1) is 0 Å². The average molecular weight is 214 g/mol. The average Bonchev–Trinajstić information content (AvgIpc) is 2.04. The van der Waals surface area contributed by atoms with Crippen molar-refractivity contribution in [3.05, 3.63) is 29.8 Å². The van der Waals surface area contributed by atoms with E-state index in [2.05, 4.69) is 0 Å². The van der Waals surface area contributed by atoms with E-state index in [4.69, 9.17) is 0 Å². The summed E-state index contributed by atoms with van der Waals surface area (Å²) >= 11 is -2.44. The second-order valence-corrected chi connectivity index (χ2v) is 3.05. The van der Waals surface area contributed by atoms with Gasteiger partial charge < -0.3 is 4.55 Å². The minimum Gasteiger partial charge on any atom is -0.768 e. The predicted octanol–water partition coefficient (Wildman–Crippen LogP) is -1.13. The third kappa shape index (κ3) is 3.83. The maximum Gasteiger partial charge on any atom is 1.00 e. The van der Waals surface area contributed by atoms with E-state index >= 15 is 0 Å². The third-order valence-corrected chi connectivity index (χ3v) is 1.94. The Hall–Kier alpha value is 0.190. The first-order chi connectivity index (χ1) is 5.61. The van der Waals surface area contributed by atoms with Crippen molar-refractivity contribution in [1.29, 1.82) is 0 Å². The minimum absolute atomic E-state index is 0. The van der Waals surface area contributed by atoms with Crippen LogP contribution in [0.4, 0.5) is 8.78 Å². The number of hydrogen-bond donors (Lipinski definition) is 0. The molecule has 0 amide bonds. The van der Waals surface area contributed by atoms with Crippen molar-refractivity contribution < 1.29 is 47.1 Å². The zero-order valence-corrected chi connectivity index (χ0v) is 9.68. The van der Waals surface area contributed by atoms with Gasteiger partial charge in [-0.1, -0.05) is 12.1 Å².